The van der Waals surface area contributed by atoms with Crippen molar-refractivity contribution in [2.75, 3.05) is 51.1 Å². The van der Waals surface area contributed by atoms with E-state index in [1.165, 1.54) is 6.33 Å². The fourth-order valence-corrected chi connectivity index (χ4v) is 4.14. The van der Waals surface area contributed by atoms with Crippen molar-refractivity contribution in [1.82, 2.24) is 14.3 Å². The number of methoxy groups -OCH3 is 2. The highest BCUT2D eigenvalue weighted by atomic mass is 32.2. The Bertz CT molecular complexity index is 896. The van der Waals surface area contributed by atoms with E-state index in [9.17, 15) is 8.42 Å². The molecule has 0 amide bonds. The van der Waals surface area contributed by atoms with Crippen molar-refractivity contribution in [2.45, 2.75) is 6.92 Å². The molecule has 2 heterocycles. The molecule has 1 aliphatic rings. The first-order chi connectivity index (χ1) is 13.0. The summed E-state index contributed by atoms with van der Waals surface area (Å²) in [6.07, 6.45) is 1.52. The number of piperazine rings is 1. The van der Waals surface area contributed by atoms with Crippen molar-refractivity contribution in [3.05, 3.63) is 30.6 Å². The standard InChI is InChI=1S/C18H24N4O4S/c1-4-27(23,24)22-9-7-21(8-10-22)18-12-15(19-13-20-18)14-5-6-16(25-2)17(11-14)26-3/h5-6,11-13H,4,7-10H2,1-3H3. The molecule has 8 nitrogen and oxygen atoms in total. The van der Waals surface area contributed by atoms with Crippen molar-refractivity contribution < 1.29 is 17.9 Å². The van der Waals surface area contributed by atoms with Crippen LogP contribution in [0.25, 0.3) is 11.3 Å². The summed E-state index contributed by atoms with van der Waals surface area (Å²) in [7, 11) is 0.0459. The first-order valence-electron chi connectivity index (χ1n) is 8.75. The van der Waals surface area contributed by atoms with Crippen LogP contribution in [-0.2, 0) is 10.0 Å². The van der Waals surface area contributed by atoms with Gasteiger partial charge in [0.15, 0.2) is 11.5 Å². The number of hydrogen-bond acceptors (Lipinski definition) is 7. The summed E-state index contributed by atoms with van der Waals surface area (Å²) in [6, 6.07) is 7.53. The first kappa shape index (κ1) is 19.4. The van der Waals surface area contributed by atoms with Gasteiger partial charge >= 0.3 is 0 Å². The average molecular weight is 392 g/mol. The van der Waals surface area contributed by atoms with Crippen LogP contribution in [0.5, 0.6) is 11.5 Å². The van der Waals surface area contributed by atoms with Crippen molar-refractivity contribution in [2.24, 2.45) is 0 Å². The second kappa shape index (κ2) is 8.10. The van der Waals surface area contributed by atoms with Gasteiger partial charge in [-0.05, 0) is 25.1 Å². The number of nitrogens with zero attached hydrogens (tertiary/aromatic N) is 4. The van der Waals surface area contributed by atoms with Gasteiger partial charge in [0.1, 0.15) is 12.1 Å². The van der Waals surface area contributed by atoms with E-state index < -0.39 is 10.0 Å². The molecule has 1 saturated heterocycles. The molecule has 1 aliphatic heterocycles. The highest BCUT2D eigenvalue weighted by Crippen LogP contribution is 2.32. The number of rotatable bonds is 6. The molecular formula is C18H24N4O4S. The zero-order valence-corrected chi connectivity index (χ0v) is 16.6. The molecule has 0 unspecified atom stereocenters. The molecule has 2 aromatic rings. The van der Waals surface area contributed by atoms with Crippen LogP contribution >= 0.6 is 0 Å². The third-order valence-corrected chi connectivity index (χ3v) is 6.53. The number of ether oxygens (including phenoxy) is 2. The van der Waals surface area contributed by atoms with Gasteiger partial charge in [-0.1, -0.05) is 0 Å². The molecule has 1 aromatic carbocycles. The van der Waals surface area contributed by atoms with E-state index in [1.807, 2.05) is 24.3 Å². The lowest BCUT2D eigenvalue weighted by molar-refractivity contribution is 0.355. The number of sulfonamides is 1. The maximum Gasteiger partial charge on any atom is 0.213 e. The number of anilines is 1. The highest BCUT2D eigenvalue weighted by Gasteiger charge is 2.26. The molecule has 1 fully saturated rings. The first-order valence-corrected chi connectivity index (χ1v) is 10.4. The third-order valence-electron chi connectivity index (χ3n) is 4.65. The minimum atomic E-state index is -3.14. The Morgan fingerprint density at radius 2 is 1.70 bits per heavy atom. The van der Waals surface area contributed by atoms with E-state index in [0.29, 0.717) is 37.7 Å². The van der Waals surface area contributed by atoms with Crippen LogP contribution < -0.4 is 14.4 Å². The third kappa shape index (κ3) is 4.14. The summed E-state index contributed by atoms with van der Waals surface area (Å²) < 4.78 is 36.2. The van der Waals surface area contributed by atoms with E-state index in [2.05, 4.69) is 14.9 Å². The van der Waals surface area contributed by atoms with Crippen molar-refractivity contribution in [3.8, 4) is 22.8 Å². The predicted octanol–water partition coefficient (Wildman–Crippen LogP) is 1.63. The summed E-state index contributed by atoms with van der Waals surface area (Å²) in [5.41, 5.74) is 1.66. The lowest BCUT2D eigenvalue weighted by Gasteiger charge is -2.34. The Morgan fingerprint density at radius 1 is 1.00 bits per heavy atom. The molecule has 0 bridgehead atoms. The van der Waals surface area contributed by atoms with Crippen molar-refractivity contribution >= 4 is 15.8 Å². The molecule has 0 radical (unpaired) electrons. The molecule has 27 heavy (non-hydrogen) atoms. The fourth-order valence-electron chi connectivity index (χ4n) is 3.05. The van der Waals surface area contributed by atoms with Gasteiger partial charge < -0.3 is 14.4 Å². The van der Waals surface area contributed by atoms with E-state index in [-0.39, 0.29) is 5.75 Å². The molecule has 0 saturated carbocycles. The molecular weight excluding hydrogens is 368 g/mol. The van der Waals surface area contributed by atoms with Crippen LogP contribution in [0.15, 0.2) is 30.6 Å². The molecule has 0 aliphatic carbocycles. The zero-order valence-electron chi connectivity index (χ0n) is 15.8. The highest BCUT2D eigenvalue weighted by molar-refractivity contribution is 7.89. The molecule has 3 rings (SSSR count). The molecule has 0 atom stereocenters. The predicted molar refractivity (Wildman–Crippen MR) is 104 cm³/mol. The maximum atomic E-state index is 12.0. The van der Waals surface area contributed by atoms with E-state index >= 15 is 0 Å². The second-order valence-electron chi connectivity index (χ2n) is 6.12. The maximum absolute atomic E-state index is 12.0. The number of hydrogen-bond donors (Lipinski definition) is 0. The lowest BCUT2D eigenvalue weighted by atomic mass is 10.1. The summed E-state index contributed by atoms with van der Waals surface area (Å²) in [4.78, 5) is 10.8. The summed E-state index contributed by atoms with van der Waals surface area (Å²) >= 11 is 0. The van der Waals surface area contributed by atoms with E-state index in [0.717, 1.165) is 17.1 Å². The largest absolute Gasteiger partial charge is 0.493 e. The lowest BCUT2D eigenvalue weighted by Crippen LogP contribution is -2.49. The minimum Gasteiger partial charge on any atom is -0.493 e. The fraction of sp³-hybridized carbons (Fsp3) is 0.444. The smallest absolute Gasteiger partial charge is 0.213 e. The second-order valence-corrected chi connectivity index (χ2v) is 8.38. The molecule has 1 aromatic heterocycles. The number of benzene rings is 1. The van der Waals surface area contributed by atoms with Crippen LogP contribution in [0.3, 0.4) is 0 Å². The van der Waals surface area contributed by atoms with Crippen LogP contribution in [0.2, 0.25) is 0 Å². The van der Waals surface area contributed by atoms with Gasteiger partial charge in [0, 0.05) is 37.8 Å². The van der Waals surface area contributed by atoms with Crippen LogP contribution in [-0.4, -0.2) is 68.8 Å². The molecule has 0 N–H and O–H groups in total. The van der Waals surface area contributed by atoms with E-state index in [4.69, 9.17) is 9.47 Å². The average Bonchev–Trinajstić information content (AvgIpc) is 2.73. The Morgan fingerprint density at radius 3 is 2.33 bits per heavy atom. The normalized spacial score (nSPS) is 15.6. The van der Waals surface area contributed by atoms with Crippen LogP contribution in [0, 0.1) is 0 Å². The molecule has 146 valence electrons. The number of aromatic nitrogens is 2. The quantitative estimate of drug-likeness (QED) is 0.739. The Hall–Kier alpha value is -2.39. The van der Waals surface area contributed by atoms with Gasteiger partial charge in [-0.15, -0.1) is 0 Å². The molecule has 0 spiro atoms. The van der Waals surface area contributed by atoms with Gasteiger partial charge in [0.2, 0.25) is 10.0 Å². The van der Waals surface area contributed by atoms with Crippen LogP contribution in [0.4, 0.5) is 5.82 Å². The Labute approximate surface area is 159 Å². The van der Waals surface area contributed by atoms with Gasteiger partial charge in [-0.25, -0.2) is 18.4 Å². The Kier molecular flexibility index (Phi) is 5.81. The van der Waals surface area contributed by atoms with Gasteiger partial charge in [-0.3, -0.25) is 0 Å². The van der Waals surface area contributed by atoms with Crippen molar-refractivity contribution in [3.63, 3.8) is 0 Å². The summed E-state index contributed by atoms with van der Waals surface area (Å²) in [5, 5.41) is 0. The Balaban J connectivity index is 1.79. The van der Waals surface area contributed by atoms with Gasteiger partial charge in [0.25, 0.3) is 0 Å². The molecule has 9 heteroatoms. The zero-order chi connectivity index (χ0) is 19.4. The SMILES string of the molecule is CCS(=O)(=O)N1CCN(c2cc(-c3ccc(OC)c(OC)c3)ncn2)CC1. The van der Waals surface area contributed by atoms with Crippen molar-refractivity contribution in [1.29, 1.82) is 0 Å². The van der Waals surface area contributed by atoms with Gasteiger partial charge in [0.05, 0.1) is 25.7 Å². The van der Waals surface area contributed by atoms with Crippen LogP contribution in [0.1, 0.15) is 6.92 Å². The monoisotopic (exact) mass is 392 g/mol. The topological polar surface area (TPSA) is 84.9 Å². The van der Waals surface area contributed by atoms with Gasteiger partial charge in [-0.2, -0.15) is 4.31 Å². The minimum absolute atomic E-state index is 0.129. The van der Waals surface area contributed by atoms with E-state index in [1.54, 1.807) is 25.4 Å². The summed E-state index contributed by atoms with van der Waals surface area (Å²) in [5.74, 6) is 2.20. The summed E-state index contributed by atoms with van der Waals surface area (Å²) in [6.45, 7) is 3.79.